The molecule has 136 valence electrons. The lowest BCUT2D eigenvalue weighted by molar-refractivity contribution is -0.0620. The van der Waals surface area contributed by atoms with Crippen LogP contribution in [0, 0.1) is 0 Å². The van der Waals surface area contributed by atoms with E-state index in [1.807, 2.05) is 24.4 Å². The number of rotatable bonds is 5. The van der Waals surface area contributed by atoms with E-state index in [-0.39, 0.29) is 6.61 Å². The van der Waals surface area contributed by atoms with Gasteiger partial charge in [-0.3, -0.25) is 4.90 Å². The molecular weight excluding hydrogens is 348 g/mol. The summed E-state index contributed by atoms with van der Waals surface area (Å²) in [6.07, 6.45) is 3.68. The van der Waals surface area contributed by atoms with Crippen LogP contribution in [0.4, 0.5) is 0 Å². The molecule has 0 spiro atoms. The fraction of sp³-hybridized carbons (Fsp3) is 0.333. The number of hydrogen-bond donors (Lipinski definition) is 2. The number of aromatic amines is 1. The molecule has 4 rings (SSSR count). The number of benzene rings is 2. The van der Waals surface area contributed by atoms with Gasteiger partial charge in [0.15, 0.2) is 0 Å². The molecule has 1 aliphatic rings. The molecule has 2 aromatic carbocycles. The number of halogens is 1. The van der Waals surface area contributed by atoms with Gasteiger partial charge in [0.1, 0.15) is 18.0 Å². The van der Waals surface area contributed by atoms with Crippen LogP contribution in [0.1, 0.15) is 18.4 Å². The van der Waals surface area contributed by atoms with Gasteiger partial charge in [0.2, 0.25) is 0 Å². The van der Waals surface area contributed by atoms with Gasteiger partial charge in [-0.05, 0) is 55.3 Å². The molecule has 1 atom stereocenters. The van der Waals surface area contributed by atoms with Gasteiger partial charge < -0.3 is 14.8 Å². The highest BCUT2D eigenvalue weighted by atomic mass is 35.5. The van der Waals surface area contributed by atoms with Crippen LogP contribution in [0.2, 0.25) is 5.02 Å². The topological polar surface area (TPSA) is 48.5 Å². The maximum absolute atomic E-state index is 11.0. The molecule has 1 unspecified atom stereocenters. The van der Waals surface area contributed by atoms with Crippen molar-refractivity contribution in [2.24, 2.45) is 0 Å². The first kappa shape index (κ1) is 17.4. The number of aliphatic hydroxyl groups is 1. The van der Waals surface area contributed by atoms with Gasteiger partial charge in [-0.2, -0.15) is 0 Å². The summed E-state index contributed by atoms with van der Waals surface area (Å²) in [5.41, 5.74) is 1.59. The number of hydrogen-bond acceptors (Lipinski definition) is 3. The third-order valence-electron chi connectivity index (χ3n) is 5.02. The zero-order chi connectivity index (χ0) is 18.0. The highest BCUT2D eigenvalue weighted by Crippen LogP contribution is 2.26. The monoisotopic (exact) mass is 370 g/mol. The van der Waals surface area contributed by atoms with Crippen LogP contribution in [-0.2, 0) is 6.54 Å². The molecule has 1 aromatic heterocycles. The van der Waals surface area contributed by atoms with E-state index in [4.69, 9.17) is 16.3 Å². The molecule has 4 nitrogen and oxygen atoms in total. The third-order valence-corrected chi connectivity index (χ3v) is 5.25. The van der Waals surface area contributed by atoms with Crippen molar-refractivity contribution in [1.82, 2.24) is 9.88 Å². The van der Waals surface area contributed by atoms with Gasteiger partial charge in [-0.1, -0.05) is 29.8 Å². The summed E-state index contributed by atoms with van der Waals surface area (Å²) in [6.45, 7) is 2.70. The summed E-state index contributed by atoms with van der Waals surface area (Å²) in [6, 6.07) is 15.7. The van der Waals surface area contributed by atoms with Gasteiger partial charge in [0, 0.05) is 35.2 Å². The molecule has 26 heavy (non-hydrogen) atoms. The van der Waals surface area contributed by atoms with Gasteiger partial charge in [-0.25, -0.2) is 0 Å². The van der Waals surface area contributed by atoms with Crippen LogP contribution in [0.15, 0.2) is 54.7 Å². The van der Waals surface area contributed by atoms with Crippen LogP contribution in [-0.4, -0.2) is 40.3 Å². The normalized spacial score (nSPS) is 21.2. The molecule has 1 fully saturated rings. The third kappa shape index (κ3) is 3.88. The molecule has 0 aliphatic carbocycles. The number of β-amino-alcohol motifs (C(OH)–C–C–N with tert-alkyl or cyclic N) is 1. The van der Waals surface area contributed by atoms with Crippen molar-refractivity contribution < 1.29 is 9.84 Å². The molecular formula is C21H23ClN2O2. The first-order chi connectivity index (χ1) is 12.6. The van der Waals surface area contributed by atoms with Gasteiger partial charge in [0.05, 0.1) is 0 Å². The summed E-state index contributed by atoms with van der Waals surface area (Å²) in [7, 11) is 0. The zero-order valence-corrected chi connectivity index (χ0v) is 15.4. The minimum atomic E-state index is -0.841. The Kier molecular flexibility index (Phi) is 4.90. The van der Waals surface area contributed by atoms with Crippen molar-refractivity contribution in [1.29, 1.82) is 0 Å². The first-order valence-electron chi connectivity index (χ1n) is 8.99. The second-order valence-electron chi connectivity index (χ2n) is 7.14. The molecule has 5 heteroatoms. The Labute approximate surface area is 158 Å². The van der Waals surface area contributed by atoms with E-state index in [2.05, 4.69) is 34.1 Å². The van der Waals surface area contributed by atoms with E-state index in [0.29, 0.717) is 17.3 Å². The van der Waals surface area contributed by atoms with Crippen molar-refractivity contribution in [3.05, 3.63) is 65.3 Å². The molecule has 0 radical (unpaired) electrons. The van der Waals surface area contributed by atoms with Crippen molar-refractivity contribution >= 4 is 22.5 Å². The van der Waals surface area contributed by atoms with E-state index in [0.717, 1.165) is 31.4 Å². The Hall–Kier alpha value is -2.01. The zero-order valence-electron chi connectivity index (χ0n) is 14.6. The second-order valence-corrected chi connectivity index (χ2v) is 7.58. The fourth-order valence-electron chi connectivity index (χ4n) is 3.76. The standard InChI is InChI=1S/C21H23ClN2O2/c22-17-5-2-6-18(12-17)26-15-21(25)9-3-11-24(14-21)13-16-4-1-7-20-19(16)8-10-23-20/h1-2,4-8,10,12,23,25H,3,9,11,13-15H2. The van der Waals surface area contributed by atoms with E-state index in [1.165, 1.54) is 10.9 Å². The number of nitrogens with zero attached hydrogens (tertiary/aromatic N) is 1. The van der Waals surface area contributed by atoms with Gasteiger partial charge >= 0.3 is 0 Å². The van der Waals surface area contributed by atoms with Crippen molar-refractivity contribution in [3.63, 3.8) is 0 Å². The average Bonchev–Trinajstić information content (AvgIpc) is 3.10. The lowest BCUT2D eigenvalue weighted by Gasteiger charge is -2.39. The predicted octanol–water partition coefficient (Wildman–Crippen LogP) is 4.23. The number of piperidine rings is 1. The SMILES string of the molecule is OC1(COc2cccc(Cl)c2)CCCN(Cc2cccc3[nH]ccc23)C1. The van der Waals surface area contributed by atoms with Crippen LogP contribution in [0.25, 0.3) is 10.9 Å². The van der Waals surface area contributed by atoms with E-state index in [1.54, 1.807) is 6.07 Å². The Morgan fingerprint density at radius 3 is 2.96 bits per heavy atom. The van der Waals surface area contributed by atoms with Gasteiger partial charge in [-0.15, -0.1) is 0 Å². The summed E-state index contributed by atoms with van der Waals surface area (Å²) >= 11 is 6.00. The molecule has 1 saturated heterocycles. The number of likely N-dealkylation sites (tertiary alicyclic amines) is 1. The highest BCUT2D eigenvalue weighted by Gasteiger charge is 2.34. The molecule has 1 aliphatic heterocycles. The smallest absolute Gasteiger partial charge is 0.120 e. The molecule has 2 heterocycles. The fourth-order valence-corrected chi connectivity index (χ4v) is 3.94. The molecule has 0 saturated carbocycles. The van der Waals surface area contributed by atoms with E-state index >= 15 is 0 Å². The quantitative estimate of drug-likeness (QED) is 0.706. The van der Waals surface area contributed by atoms with Gasteiger partial charge in [0.25, 0.3) is 0 Å². The average molecular weight is 371 g/mol. The largest absolute Gasteiger partial charge is 0.490 e. The number of H-pyrrole nitrogens is 1. The Bertz CT molecular complexity index is 894. The van der Waals surface area contributed by atoms with Crippen molar-refractivity contribution in [2.75, 3.05) is 19.7 Å². The van der Waals surface area contributed by atoms with Crippen LogP contribution in [0.5, 0.6) is 5.75 Å². The summed E-state index contributed by atoms with van der Waals surface area (Å²) in [4.78, 5) is 5.57. The summed E-state index contributed by atoms with van der Waals surface area (Å²) in [5, 5.41) is 12.9. The lowest BCUT2D eigenvalue weighted by Crippen LogP contribution is -2.51. The Morgan fingerprint density at radius 2 is 2.08 bits per heavy atom. The van der Waals surface area contributed by atoms with Crippen molar-refractivity contribution in [3.8, 4) is 5.75 Å². The minimum Gasteiger partial charge on any atom is -0.490 e. The Balaban J connectivity index is 1.42. The summed E-state index contributed by atoms with van der Waals surface area (Å²) < 4.78 is 5.82. The number of fused-ring (bicyclic) bond motifs is 1. The van der Waals surface area contributed by atoms with Crippen LogP contribution < -0.4 is 4.74 Å². The van der Waals surface area contributed by atoms with Crippen LogP contribution >= 0.6 is 11.6 Å². The van der Waals surface area contributed by atoms with Crippen LogP contribution in [0.3, 0.4) is 0 Å². The number of ether oxygens (including phenoxy) is 1. The molecule has 3 aromatic rings. The number of aromatic nitrogens is 1. The Morgan fingerprint density at radius 1 is 1.19 bits per heavy atom. The maximum Gasteiger partial charge on any atom is 0.120 e. The number of nitrogens with one attached hydrogen (secondary N) is 1. The van der Waals surface area contributed by atoms with E-state index < -0.39 is 5.60 Å². The molecule has 0 amide bonds. The minimum absolute atomic E-state index is 0.276. The van der Waals surface area contributed by atoms with E-state index in [9.17, 15) is 5.11 Å². The first-order valence-corrected chi connectivity index (χ1v) is 9.37. The highest BCUT2D eigenvalue weighted by molar-refractivity contribution is 6.30. The molecule has 0 bridgehead atoms. The predicted molar refractivity (Wildman–Crippen MR) is 105 cm³/mol. The maximum atomic E-state index is 11.0. The second kappa shape index (κ2) is 7.31. The lowest BCUT2D eigenvalue weighted by atomic mass is 9.93. The summed E-state index contributed by atoms with van der Waals surface area (Å²) in [5.74, 6) is 0.695. The molecule has 2 N–H and O–H groups in total. The van der Waals surface area contributed by atoms with Crippen molar-refractivity contribution in [2.45, 2.75) is 25.0 Å².